The number of aliphatic hydroxyl groups is 1. The van der Waals surface area contributed by atoms with Gasteiger partial charge in [0.15, 0.2) is 0 Å². The van der Waals surface area contributed by atoms with E-state index in [2.05, 4.69) is 10.1 Å². The molecule has 0 aromatic carbocycles. The molecule has 2 rings (SSSR count). The number of rotatable bonds is 1. The topological polar surface area (TPSA) is 58.6 Å². The zero-order valence-corrected chi connectivity index (χ0v) is 7.04. The molecule has 2 N–H and O–H groups in total. The first-order valence-electron chi connectivity index (χ1n) is 4.21. The van der Waals surface area contributed by atoms with Gasteiger partial charge < -0.3 is 9.84 Å². The van der Waals surface area contributed by atoms with Gasteiger partial charge in [0.05, 0.1) is 7.11 Å². The van der Waals surface area contributed by atoms with Crippen molar-refractivity contribution >= 4 is 5.97 Å². The second-order valence-corrected chi connectivity index (χ2v) is 3.58. The van der Waals surface area contributed by atoms with Crippen LogP contribution >= 0.6 is 0 Å². The fourth-order valence-corrected chi connectivity index (χ4v) is 2.17. The second-order valence-electron chi connectivity index (χ2n) is 3.58. The zero-order chi connectivity index (χ0) is 8.77. The van der Waals surface area contributed by atoms with Crippen molar-refractivity contribution in [2.45, 2.75) is 19.1 Å². The maximum atomic E-state index is 11.3. The van der Waals surface area contributed by atoms with Gasteiger partial charge in [-0.1, -0.05) is 0 Å². The number of ether oxygens (including phenoxy) is 1. The van der Waals surface area contributed by atoms with E-state index in [0.29, 0.717) is 5.92 Å². The number of hydrogen-bond acceptors (Lipinski definition) is 4. The Morgan fingerprint density at radius 2 is 2.50 bits per heavy atom. The summed E-state index contributed by atoms with van der Waals surface area (Å²) in [6.07, 6.45) is 1.03. The van der Waals surface area contributed by atoms with Crippen molar-refractivity contribution in [3.05, 3.63) is 0 Å². The Bertz CT molecular complexity index is 218. The highest BCUT2D eigenvalue weighted by Crippen LogP contribution is 2.58. The highest BCUT2D eigenvalue weighted by atomic mass is 16.5. The summed E-state index contributed by atoms with van der Waals surface area (Å²) < 4.78 is 4.67. The summed E-state index contributed by atoms with van der Waals surface area (Å²) in [7, 11) is 1.37. The van der Waals surface area contributed by atoms with Crippen molar-refractivity contribution in [2.24, 2.45) is 11.3 Å². The Labute approximate surface area is 70.9 Å². The van der Waals surface area contributed by atoms with Crippen LogP contribution in [0.1, 0.15) is 12.8 Å². The molecule has 0 bridgehead atoms. The number of methoxy groups -OCH3 is 1. The van der Waals surface area contributed by atoms with Gasteiger partial charge in [0.1, 0.15) is 11.6 Å². The molecule has 1 heterocycles. The third-order valence-electron chi connectivity index (χ3n) is 3.04. The van der Waals surface area contributed by atoms with Crippen molar-refractivity contribution in [3.8, 4) is 0 Å². The van der Waals surface area contributed by atoms with Gasteiger partial charge in [-0.25, -0.2) is 0 Å². The number of carbonyl (C=O) groups is 1. The molecule has 2 fully saturated rings. The fourth-order valence-electron chi connectivity index (χ4n) is 2.17. The predicted molar refractivity (Wildman–Crippen MR) is 41.2 cm³/mol. The van der Waals surface area contributed by atoms with Crippen LogP contribution in [0.5, 0.6) is 0 Å². The number of piperidine rings is 1. The highest BCUT2D eigenvalue weighted by molar-refractivity contribution is 5.81. The van der Waals surface area contributed by atoms with Crippen LogP contribution in [0.15, 0.2) is 0 Å². The van der Waals surface area contributed by atoms with Gasteiger partial charge in [0.25, 0.3) is 0 Å². The summed E-state index contributed by atoms with van der Waals surface area (Å²) in [6, 6.07) is 0. The average Bonchev–Trinajstić information content (AvgIpc) is 2.80. The summed E-state index contributed by atoms with van der Waals surface area (Å²) in [4.78, 5) is 11.3. The van der Waals surface area contributed by atoms with E-state index in [-0.39, 0.29) is 5.97 Å². The first kappa shape index (κ1) is 8.01. The Morgan fingerprint density at radius 1 is 1.75 bits per heavy atom. The third-order valence-corrected chi connectivity index (χ3v) is 3.04. The normalized spacial score (nSPS) is 44.8. The molecule has 68 valence electrons. The summed E-state index contributed by atoms with van der Waals surface area (Å²) in [5, 5.41) is 12.4. The van der Waals surface area contributed by atoms with E-state index < -0.39 is 11.6 Å². The van der Waals surface area contributed by atoms with Crippen molar-refractivity contribution in [3.63, 3.8) is 0 Å². The van der Waals surface area contributed by atoms with E-state index in [0.717, 1.165) is 19.4 Å². The van der Waals surface area contributed by atoms with Crippen LogP contribution in [-0.2, 0) is 9.53 Å². The van der Waals surface area contributed by atoms with Gasteiger partial charge in [0.2, 0.25) is 0 Å². The minimum Gasteiger partial charge on any atom is -0.468 e. The molecule has 1 saturated carbocycles. The lowest BCUT2D eigenvalue weighted by atomic mass is 9.97. The van der Waals surface area contributed by atoms with Crippen LogP contribution in [0.4, 0.5) is 0 Å². The first-order chi connectivity index (χ1) is 5.71. The summed E-state index contributed by atoms with van der Waals surface area (Å²) in [5.74, 6) is 0.0633. The van der Waals surface area contributed by atoms with E-state index in [4.69, 9.17) is 0 Å². The SMILES string of the molecule is COC(=O)C12CC1CCNC2O. The number of esters is 1. The lowest BCUT2D eigenvalue weighted by molar-refractivity contribution is -0.155. The van der Waals surface area contributed by atoms with Crippen molar-refractivity contribution in [1.82, 2.24) is 5.32 Å². The van der Waals surface area contributed by atoms with E-state index in [1.807, 2.05) is 0 Å². The van der Waals surface area contributed by atoms with Crippen LogP contribution in [0, 0.1) is 11.3 Å². The average molecular weight is 171 g/mol. The molecule has 0 spiro atoms. The predicted octanol–water partition coefficient (Wildman–Crippen LogP) is -0.523. The molecule has 12 heavy (non-hydrogen) atoms. The third kappa shape index (κ3) is 0.820. The maximum Gasteiger partial charge on any atom is 0.316 e. The number of fused-ring (bicyclic) bond motifs is 1. The standard InChI is InChI=1S/C8H13NO3/c1-12-7(11)8-4-5(8)2-3-9-6(8)10/h5-6,9-10H,2-4H2,1H3. The van der Waals surface area contributed by atoms with Crippen LogP contribution in [-0.4, -0.2) is 31.0 Å². The Kier molecular flexibility index (Phi) is 1.63. The Morgan fingerprint density at radius 3 is 3.08 bits per heavy atom. The quantitative estimate of drug-likeness (QED) is 0.521. The van der Waals surface area contributed by atoms with Crippen molar-refractivity contribution in [1.29, 1.82) is 0 Å². The van der Waals surface area contributed by atoms with Crippen LogP contribution in [0.3, 0.4) is 0 Å². The fraction of sp³-hybridized carbons (Fsp3) is 0.875. The maximum absolute atomic E-state index is 11.3. The minimum absolute atomic E-state index is 0.271. The number of nitrogens with one attached hydrogen (secondary N) is 1. The molecule has 3 atom stereocenters. The first-order valence-corrected chi connectivity index (χ1v) is 4.21. The smallest absolute Gasteiger partial charge is 0.316 e. The molecular formula is C8H13NO3. The minimum atomic E-state index is -0.705. The van der Waals surface area contributed by atoms with E-state index in [1.54, 1.807) is 0 Å². The molecule has 1 aliphatic carbocycles. The van der Waals surface area contributed by atoms with Crippen LogP contribution < -0.4 is 5.32 Å². The lowest BCUT2D eigenvalue weighted by Gasteiger charge is -2.26. The van der Waals surface area contributed by atoms with Gasteiger partial charge >= 0.3 is 5.97 Å². The van der Waals surface area contributed by atoms with Crippen LogP contribution in [0.25, 0.3) is 0 Å². The summed E-state index contributed by atoms with van der Waals surface area (Å²) in [6.45, 7) is 0.796. The second kappa shape index (κ2) is 2.44. The monoisotopic (exact) mass is 171 g/mol. The van der Waals surface area contributed by atoms with Gasteiger partial charge in [-0.15, -0.1) is 0 Å². The van der Waals surface area contributed by atoms with Gasteiger partial charge in [-0.2, -0.15) is 0 Å². The number of hydrogen-bond donors (Lipinski definition) is 2. The van der Waals surface area contributed by atoms with Crippen molar-refractivity contribution < 1.29 is 14.6 Å². The van der Waals surface area contributed by atoms with E-state index in [1.165, 1.54) is 7.11 Å². The number of carbonyl (C=O) groups excluding carboxylic acids is 1. The molecule has 1 aliphatic heterocycles. The zero-order valence-electron chi connectivity index (χ0n) is 7.04. The summed E-state index contributed by atoms with van der Waals surface area (Å²) >= 11 is 0. The van der Waals surface area contributed by atoms with Gasteiger partial charge in [-0.3, -0.25) is 10.1 Å². The molecule has 4 heteroatoms. The highest BCUT2D eigenvalue weighted by Gasteiger charge is 2.66. The van der Waals surface area contributed by atoms with Crippen molar-refractivity contribution in [2.75, 3.05) is 13.7 Å². The molecule has 0 radical (unpaired) electrons. The van der Waals surface area contributed by atoms with E-state index >= 15 is 0 Å². The summed E-state index contributed by atoms with van der Waals surface area (Å²) in [5.41, 5.74) is -0.604. The largest absolute Gasteiger partial charge is 0.468 e. The molecule has 3 unspecified atom stereocenters. The molecule has 1 saturated heterocycles. The molecule has 0 aromatic rings. The molecule has 0 amide bonds. The lowest BCUT2D eigenvalue weighted by Crippen LogP contribution is -2.47. The van der Waals surface area contributed by atoms with Gasteiger partial charge in [-0.05, 0) is 25.3 Å². The number of aliphatic hydroxyl groups excluding tert-OH is 1. The van der Waals surface area contributed by atoms with E-state index in [9.17, 15) is 9.90 Å². The Hall–Kier alpha value is -0.610. The molecule has 0 aromatic heterocycles. The Balaban J connectivity index is 2.16. The molecule has 2 aliphatic rings. The van der Waals surface area contributed by atoms with Crippen LogP contribution in [0.2, 0.25) is 0 Å². The van der Waals surface area contributed by atoms with Gasteiger partial charge in [0, 0.05) is 0 Å². The molecular weight excluding hydrogens is 158 g/mol. The molecule has 4 nitrogen and oxygen atoms in total.